The number of ether oxygens (including phenoxy) is 1. The van der Waals surface area contributed by atoms with E-state index in [1.807, 2.05) is 0 Å². The average molecular weight is 401 g/mol. The first-order valence-corrected chi connectivity index (χ1v) is 9.79. The van der Waals surface area contributed by atoms with Crippen LogP contribution in [0.15, 0.2) is 47.1 Å². The van der Waals surface area contributed by atoms with E-state index in [-0.39, 0.29) is 23.7 Å². The first kappa shape index (κ1) is 22.3. The second-order valence-electron chi connectivity index (χ2n) is 6.74. The van der Waals surface area contributed by atoms with Crippen LogP contribution in [0.5, 0.6) is 5.75 Å². The van der Waals surface area contributed by atoms with Gasteiger partial charge >= 0.3 is 0 Å². The molecule has 0 bridgehead atoms. The molecule has 1 N–H and O–H groups in total. The van der Waals surface area contributed by atoms with Gasteiger partial charge in [-0.1, -0.05) is 17.7 Å². The molecule has 156 valence electrons. The normalized spacial score (nSPS) is 14.4. The Hall–Kier alpha value is -2.96. The van der Waals surface area contributed by atoms with Crippen molar-refractivity contribution in [3.8, 4) is 5.75 Å². The molecule has 1 aliphatic rings. The highest BCUT2D eigenvalue weighted by molar-refractivity contribution is 6.09. The zero-order valence-corrected chi connectivity index (χ0v) is 17.0. The van der Waals surface area contributed by atoms with Gasteiger partial charge in [-0.15, -0.1) is 0 Å². The first-order valence-electron chi connectivity index (χ1n) is 9.79. The van der Waals surface area contributed by atoms with Gasteiger partial charge < -0.3 is 10.1 Å². The minimum Gasteiger partial charge on any atom is -0.497 e. The Balaban J connectivity index is 2.01. The zero-order valence-electron chi connectivity index (χ0n) is 17.0. The van der Waals surface area contributed by atoms with Crippen molar-refractivity contribution in [3.05, 3.63) is 53.4 Å². The quantitative estimate of drug-likeness (QED) is 0.282. The van der Waals surface area contributed by atoms with E-state index in [4.69, 9.17) is 4.74 Å². The van der Waals surface area contributed by atoms with Gasteiger partial charge in [0.15, 0.2) is 0 Å². The monoisotopic (exact) mass is 401 g/mol. The van der Waals surface area contributed by atoms with Crippen LogP contribution in [-0.4, -0.2) is 43.2 Å². The smallest absolute Gasteiger partial charge is 0.241 e. The third-order valence-electron chi connectivity index (χ3n) is 4.59. The molecular weight excluding hydrogens is 373 g/mol. The average Bonchev–Trinajstić information content (AvgIpc) is 2.73. The van der Waals surface area contributed by atoms with E-state index in [1.54, 1.807) is 25.1 Å². The van der Waals surface area contributed by atoms with Gasteiger partial charge in [0.1, 0.15) is 18.1 Å². The summed E-state index contributed by atoms with van der Waals surface area (Å²) >= 11 is 0. The van der Waals surface area contributed by atoms with Gasteiger partial charge in [-0.05, 0) is 57.2 Å². The molecule has 0 spiro atoms. The minimum absolute atomic E-state index is 0.209. The van der Waals surface area contributed by atoms with Crippen LogP contribution in [0.1, 0.15) is 44.6 Å². The molecule has 29 heavy (non-hydrogen) atoms. The number of carbonyl (C=O) groups excluding carboxylic acids is 2. The molecule has 7 heteroatoms. The second-order valence-corrected chi connectivity index (χ2v) is 6.74. The number of hydrazone groups is 1. The fourth-order valence-corrected chi connectivity index (χ4v) is 3.10. The van der Waals surface area contributed by atoms with E-state index < -0.39 is 5.82 Å². The molecule has 0 radical (unpaired) electrons. The largest absolute Gasteiger partial charge is 0.497 e. The molecule has 1 aromatic rings. The maximum absolute atomic E-state index is 14.4. The molecule has 0 fully saturated rings. The molecule has 0 saturated heterocycles. The van der Waals surface area contributed by atoms with Crippen molar-refractivity contribution in [3.63, 3.8) is 0 Å². The van der Waals surface area contributed by atoms with Crippen LogP contribution in [-0.2, 0) is 9.59 Å². The first-order chi connectivity index (χ1) is 14.1. The molecule has 0 aromatic heterocycles. The predicted molar refractivity (Wildman–Crippen MR) is 111 cm³/mol. The van der Waals surface area contributed by atoms with Crippen molar-refractivity contribution in [2.24, 2.45) is 5.10 Å². The van der Waals surface area contributed by atoms with Crippen LogP contribution in [0.3, 0.4) is 0 Å². The number of benzene rings is 1. The second kappa shape index (κ2) is 11.8. The molecule has 2 rings (SSSR count). The molecule has 6 nitrogen and oxygen atoms in total. The van der Waals surface area contributed by atoms with E-state index in [2.05, 4.69) is 16.5 Å². The summed E-state index contributed by atoms with van der Waals surface area (Å²) in [5.41, 5.74) is 1.81. The standard InChI is InChI=1S/C22H28FN3O3/c1-3-7-21(19-11-10-18(29-2)14-20(19)23)25-26(16-27)15-22(28)24-13-12-17-8-5-4-6-9-17/h3,7-8,10-11,14,16H,4-6,9,12-13,15H2,1-2H3,(H,24,28)/b7-3-,25-21+. The summed E-state index contributed by atoms with van der Waals surface area (Å²) in [5, 5.41) is 7.93. The Labute approximate surface area is 171 Å². The van der Waals surface area contributed by atoms with Gasteiger partial charge in [0.05, 0.1) is 12.8 Å². The summed E-state index contributed by atoms with van der Waals surface area (Å²) in [6.07, 6.45) is 11.4. The number of hydrogen-bond donors (Lipinski definition) is 1. The SMILES string of the molecule is C/C=C\C(=N/N(C=O)CC(=O)NCCC1=CCCCC1)c1ccc(OC)cc1F. The molecule has 0 atom stereocenters. The Morgan fingerprint density at radius 1 is 1.38 bits per heavy atom. The lowest BCUT2D eigenvalue weighted by molar-refractivity contribution is -0.128. The molecular formula is C22H28FN3O3. The molecule has 1 aromatic carbocycles. The molecule has 0 unspecified atom stereocenters. The van der Waals surface area contributed by atoms with Crippen molar-refractivity contribution in [1.82, 2.24) is 10.3 Å². The lowest BCUT2D eigenvalue weighted by atomic mass is 9.97. The third kappa shape index (κ3) is 7.18. The van der Waals surface area contributed by atoms with E-state index in [0.29, 0.717) is 18.7 Å². The highest BCUT2D eigenvalue weighted by Gasteiger charge is 2.13. The number of rotatable bonds is 10. The summed E-state index contributed by atoms with van der Waals surface area (Å²) in [4.78, 5) is 23.6. The Bertz CT molecular complexity index is 802. The lowest BCUT2D eigenvalue weighted by Crippen LogP contribution is -2.35. The number of amides is 2. The third-order valence-corrected chi connectivity index (χ3v) is 4.59. The lowest BCUT2D eigenvalue weighted by Gasteiger charge is -2.15. The number of nitrogens with one attached hydrogen (secondary N) is 1. The van der Waals surface area contributed by atoms with Crippen molar-refractivity contribution in [1.29, 1.82) is 0 Å². The molecule has 0 heterocycles. The molecule has 0 saturated carbocycles. The van der Waals surface area contributed by atoms with Gasteiger partial charge in [0.25, 0.3) is 0 Å². The molecule has 2 amide bonds. The van der Waals surface area contributed by atoms with Crippen molar-refractivity contribution < 1.29 is 18.7 Å². The van der Waals surface area contributed by atoms with Crippen LogP contribution in [0.4, 0.5) is 4.39 Å². The minimum atomic E-state index is -0.530. The van der Waals surface area contributed by atoms with Crippen molar-refractivity contribution in [2.45, 2.75) is 39.0 Å². The van der Waals surface area contributed by atoms with Crippen molar-refractivity contribution in [2.75, 3.05) is 20.2 Å². The maximum atomic E-state index is 14.4. The maximum Gasteiger partial charge on any atom is 0.241 e. The summed E-state index contributed by atoms with van der Waals surface area (Å²) in [6.45, 7) is 2.05. The van der Waals surface area contributed by atoms with Crippen LogP contribution in [0.2, 0.25) is 0 Å². The summed E-state index contributed by atoms with van der Waals surface area (Å²) in [5.74, 6) is -0.463. The highest BCUT2D eigenvalue weighted by Crippen LogP contribution is 2.19. The number of halogens is 1. The Morgan fingerprint density at radius 3 is 2.83 bits per heavy atom. The fraction of sp³-hybridized carbons (Fsp3) is 0.409. The fourth-order valence-electron chi connectivity index (χ4n) is 3.10. The van der Waals surface area contributed by atoms with E-state index in [0.717, 1.165) is 24.3 Å². The highest BCUT2D eigenvalue weighted by atomic mass is 19.1. The Kier molecular flexibility index (Phi) is 9.08. The summed E-state index contributed by atoms with van der Waals surface area (Å²) in [6, 6.07) is 4.37. The number of nitrogens with zero attached hydrogens (tertiary/aromatic N) is 2. The van der Waals surface area contributed by atoms with Crippen LogP contribution >= 0.6 is 0 Å². The van der Waals surface area contributed by atoms with Gasteiger partial charge in [-0.2, -0.15) is 5.10 Å². The topological polar surface area (TPSA) is 71.0 Å². The Morgan fingerprint density at radius 2 is 2.21 bits per heavy atom. The van der Waals surface area contributed by atoms with Crippen LogP contribution < -0.4 is 10.1 Å². The van der Waals surface area contributed by atoms with Gasteiger partial charge in [-0.25, -0.2) is 9.40 Å². The predicted octanol–water partition coefficient (Wildman–Crippen LogP) is 3.58. The van der Waals surface area contributed by atoms with E-state index in [9.17, 15) is 14.0 Å². The number of hydrogen-bond acceptors (Lipinski definition) is 4. The van der Waals surface area contributed by atoms with E-state index >= 15 is 0 Å². The van der Waals surface area contributed by atoms with Gasteiger partial charge in [0, 0.05) is 18.2 Å². The summed E-state index contributed by atoms with van der Waals surface area (Å²) < 4.78 is 19.4. The van der Waals surface area contributed by atoms with Crippen LogP contribution in [0, 0.1) is 5.82 Å². The summed E-state index contributed by atoms with van der Waals surface area (Å²) in [7, 11) is 1.45. The zero-order chi connectivity index (χ0) is 21.1. The number of carbonyl (C=O) groups is 2. The van der Waals surface area contributed by atoms with Gasteiger partial charge in [0.2, 0.25) is 12.3 Å². The van der Waals surface area contributed by atoms with E-state index in [1.165, 1.54) is 37.7 Å². The molecule has 0 aliphatic heterocycles. The number of allylic oxidation sites excluding steroid dienone is 3. The van der Waals surface area contributed by atoms with Gasteiger partial charge in [-0.3, -0.25) is 9.59 Å². The van der Waals surface area contributed by atoms with Crippen LogP contribution in [0.25, 0.3) is 0 Å². The number of methoxy groups -OCH3 is 1. The van der Waals surface area contributed by atoms with Crippen molar-refractivity contribution >= 4 is 18.0 Å². The molecule has 1 aliphatic carbocycles.